The van der Waals surface area contributed by atoms with Gasteiger partial charge in [0.25, 0.3) is 5.91 Å². The number of carbonyl (C=O) groups is 2. The van der Waals surface area contributed by atoms with E-state index in [2.05, 4.69) is 15.3 Å². The lowest BCUT2D eigenvalue weighted by Crippen LogP contribution is -2.23. The van der Waals surface area contributed by atoms with Crippen molar-refractivity contribution in [3.05, 3.63) is 84.3 Å². The molecular weight excluding hydrogens is 390 g/mol. The fourth-order valence-electron chi connectivity index (χ4n) is 3.75. The standard InChI is InChI=1S/C24H21N5O2/c30-22-3-1-13-28(22)15-17-4-6-19(7-5-17)23(31)26-20-10-8-18(9-11-20)21-16-29-14-2-12-25-24(29)27-21/h2,4-12,14,16H,1,3,13,15H2,(H,26,31). The molecule has 1 aliphatic heterocycles. The summed E-state index contributed by atoms with van der Waals surface area (Å²) in [6, 6.07) is 16.8. The Labute approximate surface area is 179 Å². The van der Waals surface area contributed by atoms with E-state index in [1.165, 1.54) is 0 Å². The van der Waals surface area contributed by atoms with E-state index in [0.29, 0.717) is 30.0 Å². The van der Waals surface area contributed by atoms with Crippen LogP contribution in [-0.4, -0.2) is 37.6 Å². The number of fused-ring (bicyclic) bond motifs is 1. The number of nitrogens with one attached hydrogen (secondary N) is 1. The van der Waals surface area contributed by atoms with Crippen LogP contribution >= 0.6 is 0 Å². The van der Waals surface area contributed by atoms with Crippen molar-refractivity contribution in [2.45, 2.75) is 19.4 Å². The zero-order valence-electron chi connectivity index (χ0n) is 16.9. The molecule has 31 heavy (non-hydrogen) atoms. The Hall–Kier alpha value is -4.00. The van der Waals surface area contributed by atoms with Crippen molar-refractivity contribution >= 4 is 23.3 Å². The number of benzene rings is 2. The highest BCUT2D eigenvalue weighted by molar-refractivity contribution is 6.04. The van der Waals surface area contributed by atoms with Crippen LogP contribution in [0.15, 0.2) is 73.2 Å². The number of likely N-dealkylation sites (tertiary alicyclic amines) is 1. The second-order valence-corrected chi connectivity index (χ2v) is 7.60. The van der Waals surface area contributed by atoms with E-state index in [1.54, 1.807) is 18.3 Å². The third kappa shape index (κ3) is 4.02. The molecule has 5 rings (SSSR count). The normalized spacial score (nSPS) is 13.7. The van der Waals surface area contributed by atoms with Gasteiger partial charge in [0.2, 0.25) is 11.7 Å². The molecule has 0 atom stereocenters. The van der Waals surface area contributed by atoms with Crippen LogP contribution in [-0.2, 0) is 11.3 Å². The topological polar surface area (TPSA) is 79.6 Å². The van der Waals surface area contributed by atoms with E-state index in [-0.39, 0.29) is 11.8 Å². The maximum atomic E-state index is 12.6. The largest absolute Gasteiger partial charge is 0.338 e. The van der Waals surface area contributed by atoms with Crippen molar-refractivity contribution < 1.29 is 9.59 Å². The lowest BCUT2D eigenvalue weighted by molar-refractivity contribution is -0.128. The van der Waals surface area contributed by atoms with Crippen LogP contribution in [0.1, 0.15) is 28.8 Å². The van der Waals surface area contributed by atoms with Gasteiger partial charge in [0, 0.05) is 54.9 Å². The molecule has 2 amide bonds. The molecule has 7 nitrogen and oxygen atoms in total. The average molecular weight is 411 g/mol. The molecule has 154 valence electrons. The molecule has 0 radical (unpaired) electrons. The van der Waals surface area contributed by atoms with Crippen LogP contribution in [0.25, 0.3) is 17.0 Å². The number of aromatic nitrogens is 3. The minimum absolute atomic E-state index is 0.173. The zero-order valence-corrected chi connectivity index (χ0v) is 16.9. The molecule has 1 aliphatic rings. The van der Waals surface area contributed by atoms with E-state index in [9.17, 15) is 9.59 Å². The molecule has 1 saturated heterocycles. The van der Waals surface area contributed by atoms with Gasteiger partial charge >= 0.3 is 0 Å². The highest BCUT2D eigenvalue weighted by Gasteiger charge is 2.20. The number of hydrogen-bond donors (Lipinski definition) is 1. The lowest BCUT2D eigenvalue weighted by atomic mass is 10.1. The van der Waals surface area contributed by atoms with Gasteiger partial charge in [-0.05, 0) is 42.3 Å². The summed E-state index contributed by atoms with van der Waals surface area (Å²) >= 11 is 0. The molecule has 0 unspecified atom stereocenters. The molecule has 2 aromatic heterocycles. The first-order valence-electron chi connectivity index (χ1n) is 10.2. The van der Waals surface area contributed by atoms with Gasteiger partial charge in [0.1, 0.15) is 0 Å². The minimum atomic E-state index is -0.173. The maximum absolute atomic E-state index is 12.6. The molecule has 0 aliphatic carbocycles. The van der Waals surface area contributed by atoms with Gasteiger partial charge in [-0.1, -0.05) is 24.3 Å². The smallest absolute Gasteiger partial charge is 0.255 e. The van der Waals surface area contributed by atoms with Gasteiger partial charge in [-0.3, -0.25) is 14.0 Å². The highest BCUT2D eigenvalue weighted by atomic mass is 16.2. The second-order valence-electron chi connectivity index (χ2n) is 7.60. The van der Waals surface area contributed by atoms with Crippen LogP contribution in [0.2, 0.25) is 0 Å². The van der Waals surface area contributed by atoms with Crippen LogP contribution in [0, 0.1) is 0 Å². The molecule has 1 N–H and O–H groups in total. The van der Waals surface area contributed by atoms with Crippen LogP contribution in [0.5, 0.6) is 0 Å². The first kappa shape index (κ1) is 19.0. The van der Waals surface area contributed by atoms with Crippen molar-refractivity contribution in [3.8, 4) is 11.3 Å². The van der Waals surface area contributed by atoms with Crippen molar-refractivity contribution in [1.82, 2.24) is 19.3 Å². The maximum Gasteiger partial charge on any atom is 0.255 e. The third-order valence-corrected chi connectivity index (χ3v) is 5.43. The van der Waals surface area contributed by atoms with Crippen LogP contribution in [0.4, 0.5) is 5.69 Å². The van der Waals surface area contributed by atoms with E-state index in [0.717, 1.165) is 29.8 Å². The first-order valence-corrected chi connectivity index (χ1v) is 10.2. The van der Waals surface area contributed by atoms with Gasteiger partial charge in [-0.15, -0.1) is 0 Å². The second kappa shape index (κ2) is 8.02. The molecule has 1 fully saturated rings. The van der Waals surface area contributed by atoms with Crippen molar-refractivity contribution in [2.24, 2.45) is 0 Å². The van der Waals surface area contributed by atoms with Crippen molar-refractivity contribution in [3.63, 3.8) is 0 Å². The summed E-state index contributed by atoms with van der Waals surface area (Å²) in [5.41, 5.74) is 4.08. The van der Waals surface area contributed by atoms with Crippen LogP contribution in [0.3, 0.4) is 0 Å². The van der Waals surface area contributed by atoms with E-state index in [4.69, 9.17) is 0 Å². The molecule has 0 bridgehead atoms. The minimum Gasteiger partial charge on any atom is -0.338 e. The zero-order chi connectivity index (χ0) is 21.2. The summed E-state index contributed by atoms with van der Waals surface area (Å²) in [4.78, 5) is 35.0. The van der Waals surface area contributed by atoms with Gasteiger partial charge in [0.15, 0.2) is 0 Å². The van der Waals surface area contributed by atoms with Crippen molar-refractivity contribution in [1.29, 1.82) is 0 Å². The molecule has 4 aromatic rings. The quantitative estimate of drug-likeness (QED) is 0.542. The Kier molecular flexibility index (Phi) is 4.92. The average Bonchev–Trinajstić information content (AvgIpc) is 3.41. The first-order chi connectivity index (χ1) is 15.2. The summed E-state index contributed by atoms with van der Waals surface area (Å²) in [7, 11) is 0. The fourth-order valence-corrected chi connectivity index (χ4v) is 3.75. The van der Waals surface area contributed by atoms with Crippen LogP contribution < -0.4 is 5.32 Å². The predicted octanol–water partition coefficient (Wildman–Crippen LogP) is 3.77. The number of carbonyl (C=O) groups excluding carboxylic acids is 2. The summed E-state index contributed by atoms with van der Waals surface area (Å²) in [6.45, 7) is 1.41. The molecule has 0 spiro atoms. The monoisotopic (exact) mass is 411 g/mol. The Bertz CT molecular complexity index is 1210. The number of imidazole rings is 1. The summed E-state index contributed by atoms with van der Waals surface area (Å²) in [5.74, 6) is 0.672. The SMILES string of the molecule is O=C(Nc1ccc(-c2cn3cccnc3n2)cc1)c1ccc(CN2CCCC2=O)cc1. The summed E-state index contributed by atoms with van der Waals surface area (Å²) in [6.07, 6.45) is 7.09. The van der Waals surface area contributed by atoms with E-state index >= 15 is 0 Å². The van der Waals surface area contributed by atoms with E-state index < -0.39 is 0 Å². The Balaban J connectivity index is 1.24. The number of anilines is 1. The summed E-state index contributed by atoms with van der Waals surface area (Å²) < 4.78 is 1.87. The fraction of sp³-hybridized carbons (Fsp3) is 0.167. The molecule has 7 heteroatoms. The molecule has 3 heterocycles. The van der Waals surface area contributed by atoms with Gasteiger partial charge in [-0.25, -0.2) is 9.97 Å². The van der Waals surface area contributed by atoms with Gasteiger partial charge < -0.3 is 10.2 Å². The molecule has 2 aromatic carbocycles. The number of hydrogen-bond acceptors (Lipinski definition) is 4. The number of amides is 2. The Morgan fingerprint density at radius 1 is 1.06 bits per heavy atom. The highest BCUT2D eigenvalue weighted by Crippen LogP contribution is 2.21. The van der Waals surface area contributed by atoms with Gasteiger partial charge in [0.05, 0.1) is 5.69 Å². The summed E-state index contributed by atoms with van der Waals surface area (Å²) in [5, 5.41) is 2.92. The number of nitrogens with zero attached hydrogens (tertiary/aromatic N) is 4. The molecule has 0 saturated carbocycles. The lowest BCUT2D eigenvalue weighted by Gasteiger charge is -2.15. The van der Waals surface area contributed by atoms with E-state index in [1.807, 2.05) is 64.2 Å². The number of rotatable bonds is 5. The molecular formula is C24H21N5O2. The third-order valence-electron chi connectivity index (χ3n) is 5.43. The Morgan fingerprint density at radius 3 is 2.58 bits per heavy atom. The van der Waals surface area contributed by atoms with Gasteiger partial charge in [-0.2, -0.15) is 0 Å². The Morgan fingerprint density at radius 2 is 1.87 bits per heavy atom. The van der Waals surface area contributed by atoms with Crippen molar-refractivity contribution in [2.75, 3.05) is 11.9 Å². The predicted molar refractivity (Wildman–Crippen MR) is 117 cm³/mol.